The second-order valence-electron chi connectivity index (χ2n) is 3.78. The maximum absolute atomic E-state index is 12.1. The molecule has 0 spiro atoms. The summed E-state index contributed by atoms with van der Waals surface area (Å²) in [6.45, 7) is 2.22. The largest absolute Gasteiger partial charge is 0.383 e. The van der Waals surface area contributed by atoms with Crippen LogP contribution < -0.4 is 5.73 Å². The molecule has 2 unspecified atom stereocenters. The fourth-order valence-corrected chi connectivity index (χ4v) is 1.84. The van der Waals surface area contributed by atoms with Crippen molar-refractivity contribution < 1.29 is 9.53 Å². The molecule has 1 rings (SSSR count). The molecule has 0 aliphatic rings. The number of rotatable bonds is 5. The summed E-state index contributed by atoms with van der Waals surface area (Å²) >= 11 is 3.34. The number of benzene rings is 1. The molecule has 1 aromatic carbocycles. The number of ketones is 1. The molecule has 4 heteroatoms. The van der Waals surface area contributed by atoms with Gasteiger partial charge in [0.15, 0.2) is 5.78 Å². The second-order valence-corrected chi connectivity index (χ2v) is 4.70. The first kappa shape index (κ1) is 13.4. The highest BCUT2D eigenvalue weighted by atomic mass is 79.9. The van der Waals surface area contributed by atoms with E-state index in [0.29, 0.717) is 12.2 Å². The SMILES string of the molecule is COCC(N)C(C)C(=O)c1cccc(Br)c1. The Morgan fingerprint density at radius 2 is 2.25 bits per heavy atom. The van der Waals surface area contributed by atoms with E-state index in [1.54, 1.807) is 19.2 Å². The van der Waals surface area contributed by atoms with Gasteiger partial charge < -0.3 is 10.5 Å². The molecule has 1 aromatic rings. The van der Waals surface area contributed by atoms with Gasteiger partial charge in [0.1, 0.15) is 0 Å². The minimum atomic E-state index is -0.267. The first-order valence-corrected chi connectivity index (χ1v) is 5.90. The Hall–Kier alpha value is -0.710. The van der Waals surface area contributed by atoms with E-state index in [0.717, 1.165) is 4.47 Å². The molecule has 0 saturated heterocycles. The van der Waals surface area contributed by atoms with E-state index >= 15 is 0 Å². The van der Waals surface area contributed by atoms with Crippen LogP contribution in [0.25, 0.3) is 0 Å². The lowest BCUT2D eigenvalue weighted by molar-refractivity contribution is 0.0866. The Morgan fingerprint density at radius 1 is 1.56 bits per heavy atom. The fraction of sp³-hybridized carbons (Fsp3) is 0.417. The third kappa shape index (κ3) is 3.40. The van der Waals surface area contributed by atoms with Crippen molar-refractivity contribution in [1.29, 1.82) is 0 Å². The molecule has 0 aliphatic carbocycles. The van der Waals surface area contributed by atoms with Crippen LogP contribution in [0.1, 0.15) is 17.3 Å². The molecular weight excluding hydrogens is 270 g/mol. The van der Waals surface area contributed by atoms with Crippen LogP contribution in [0.4, 0.5) is 0 Å². The molecule has 0 fully saturated rings. The van der Waals surface area contributed by atoms with Crippen molar-refractivity contribution in [2.24, 2.45) is 11.7 Å². The number of hydrogen-bond acceptors (Lipinski definition) is 3. The number of carbonyl (C=O) groups excluding carboxylic acids is 1. The Morgan fingerprint density at radius 3 is 2.81 bits per heavy atom. The maximum Gasteiger partial charge on any atom is 0.167 e. The number of hydrogen-bond donors (Lipinski definition) is 1. The fourth-order valence-electron chi connectivity index (χ4n) is 1.44. The summed E-state index contributed by atoms with van der Waals surface area (Å²) in [5, 5.41) is 0. The van der Waals surface area contributed by atoms with Crippen LogP contribution in [-0.2, 0) is 4.74 Å². The summed E-state index contributed by atoms with van der Waals surface area (Å²) in [7, 11) is 1.58. The summed E-state index contributed by atoms with van der Waals surface area (Å²) in [5.74, 6) is -0.194. The molecular formula is C12H16BrNO2. The average Bonchev–Trinajstić information content (AvgIpc) is 2.27. The van der Waals surface area contributed by atoms with Gasteiger partial charge in [-0.2, -0.15) is 0 Å². The van der Waals surface area contributed by atoms with Crippen LogP contribution in [0.5, 0.6) is 0 Å². The van der Waals surface area contributed by atoms with Gasteiger partial charge in [-0.1, -0.05) is 35.0 Å². The highest BCUT2D eigenvalue weighted by Gasteiger charge is 2.21. The van der Waals surface area contributed by atoms with Gasteiger partial charge in [0.2, 0.25) is 0 Å². The second kappa shape index (κ2) is 6.13. The van der Waals surface area contributed by atoms with Gasteiger partial charge in [-0.3, -0.25) is 4.79 Å². The quantitative estimate of drug-likeness (QED) is 0.845. The molecule has 3 nitrogen and oxygen atoms in total. The van der Waals surface area contributed by atoms with Gasteiger partial charge in [0.25, 0.3) is 0 Å². The Labute approximate surface area is 104 Å². The average molecular weight is 286 g/mol. The van der Waals surface area contributed by atoms with E-state index < -0.39 is 0 Å². The molecule has 16 heavy (non-hydrogen) atoms. The lowest BCUT2D eigenvalue weighted by Crippen LogP contribution is -2.37. The predicted molar refractivity (Wildman–Crippen MR) is 67.5 cm³/mol. The summed E-state index contributed by atoms with van der Waals surface area (Å²) in [6.07, 6.45) is 0. The molecule has 0 bridgehead atoms. The van der Waals surface area contributed by atoms with E-state index in [1.165, 1.54) is 0 Å². The number of nitrogens with two attached hydrogens (primary N) is 1. The third-order valence-corrected chi connectivity index (χ3v) is 3.02. The van der Waals surface area contributed by atoms with Crippen molar-refractivity contribution in [1.82, 2.24) is 0 Å². The van der Waals surface area contributed by atoms with Gasteiger partial charge in [0, 0.05) is 29.1 Å². The molecule has 0 heterocycles. The van der Waals surface area contributed by atoms with Gasteiger partial charge in [-0.05, 0) is 12.1 Å². The van der Waals surface area contributed by atoms with Crippen LogP contribution in [0.3, 0.4) is 0 Å². The van der Waals surface area contributed by atoms with Crippen LogP contribution in [0, 0.1) is 5.92 Å². The molecule has 0 aliphatic heterocycles. The zero-order valence-electron chi connectivity index (χ0n) is 9.44. The normalized spacial score (nSPS) is 14.5. The van der Waals surface area contributed by atoms with E-state index in [9.17, 15) is 4.79 Å². The number of halogens is 1. The predicted octanol–water partition coefficient (Wildman–Crippen LogP) is 2.24. The summed E-state index contributed by atoms with van der Waals surface area (Å²) in [5.41, 5.74) is 6.52. The standard InChI is InChI=1S/C12H16BrNO2/c1-8(11(14)7-16-2)12(15)9-4-3-5-10(13)6-9/h3-6,8,11H,7,14H2,1-2H3. The van der Waals surface area contributed by atoms with Gasteiger partial charge in [-0.25, -0.2) is 0 Å². The molecule has 2 atom stereocenters. The molecule has 0 saturated carbocycles. The van der Waals surface area contributed by atoms with Crippen molar-refractivity contribution in [2.45, 2.75) is 13.0 Å². The van der Waals surface area contributed by atoms with Crippen molar-refractivity contribution >= 4 is 21.7 Å². The topological polar surface area (TPSA) is 52.3 Å². The number of methoxy groups -OCH3 is 1. The van der Waals surface area contributed by atoms with Crippen molar-refractivity contribution in [3.05, 3.63) is 34.3 Å². The van der Waals surface area contributed by atoms with Crippen LogP contribution in [0.15, 0.2) is 28.7 Å². The summed E-state index contributed by atoms with van der Waals surface area (Å²) in [6, 6.07) is 7.06. The minimum absolute atomic E-state index is 0.0471. The Balaban J connectivity index is 2.77. The minimum Gasteiger partial charge on any atom is -0.383 e. The summed E-state index contributed by atoms with van der Waals surface area (Å²) in [4.78, 5) is 12.1. The number of Topliss-reactive ketones (excluding diaryl/α,β-unsaturated/α-hetero) is 1. The zero-order valence-corrected chi connectivity index (χ0v) is 11.0. The maximum atomic E-state index is 12.1. The van der Waals surface area contributed by atoms with Gasteiger partial charge >= 0.3 is 0 Å². The highest BCUT2D eigenvalue weighted by molar-refractivity contribution is 9.10. The highest BCUT2D eigenvalue weighted by Crippen LogP contribution is 2.16. The van der Waals surface area contributed by atoms with E-state index in [4.69, 9.17) is 10.5 Å². The van der Waals surface area contributed by atoms with Crippen LogP contribution in [-0.4, -0.2) is 25.5 Å². The van der Waals surface area contributed by atoms with Gasteiger partial charge in [0.05, 0.1) is 6.61 Å². The van der Waals surface area contributed by atoms with Crippen LogP contribution in [0.2, 0.25) is 0 Å². The van der Waals surface area contributed by atoms with Crippen LogP contribution >= 0.6 is 15.9 Å². The van der Waals surface area contributed by atoms with E-state index in [1.807, 2.05) is 19.1 Å². The first-order valence-electron chi connectivity index (χ1n) is 5.10. The molecule has 88 valence electrons. The van der Waals surface area contributed by atoms with E-state index in [-0.39, 0.29) is 17.7 Å². The zero-order chi connectivity index (χ0) is 12.1. The lowest BCUT2D eigenvalue weighted by atomic mass is 9.93. The Kier molecular flexibility index (Phi) is 5.12. The molecule has 0 radical (unpaired) electrons. The Bertz CT molecular complexity index is 368. The number of ether oxygens (including phenoxy) is 1. The molecule has 0 aromatic heterocycles. The molecule has 0 amide bonds. The van der Waals surface area contributed by atoms with Gasteiger partial charge in [-0.15, -0.1) is 0 Å². The van der Waals surface area contributed by atoms with E-state index in [2.05, 4.69) is 15.9 Å². The first-order chi connectivity index (χ1) is 7.56. The summed E-state index contributed by atoms with van der Waals surface area (Å²) < 4.78 is 5.84. The smallest absolute Gasteiger partial charge is 0.167 e. The van der Waals surface area contributed by atoms with Crippen molar-refractivity contribution in [2.75, 3.05) is 13.7 Å². The van der Waals surface area contributed by atoms with Crippen molar-refractivity contribution in [3.8, 4) is 0 Å². The third-order valence-electron chi connectivity index (χ3n) is 2.52. The monoisotopic (exact) mass is 285 g/mol. The number of carbonyl (C=O) groups is 1. The molecule has 2 N–H and O–H groups in total. The lowest BCUT2D eigenvalue weighted by Gasteiger charge is -2.17. The van der Waals surface area contributed by atoms with Crippen molar-refractivity contribution in [3.63, 3.8) is 0 Å².